The Morgan fingerprint density at radius 1 is 1.40 bits per heavy atom. The van der Waals surface area contributed by atoms with Gasteiger partial charge < -0.3 is 11.1 Å². The fourth-order valence-electron chi connectivity index (χ4n) is 1.59. The van der Waals surface area contributed by atoms with Crippen LogP contribution in [0.25, 0.3) is 0 Å². The summed E-state index contributed by atoms with van der Waals surface area (Å²) < 4.78 is 0. The van der Waals surface area contributed by atoms with E-state index >= 15 is 0 Å². The molecule has 0 atom stereocenters. The highest BCUT2D eigenvalue weighted by Gasteiger charge is 2.05. The highest BCUT2D eigenvalue weighted by atomic mass is 14.9. The molecule has 1 rings (SSSR count). The predicted octanol–water partition coefficient (Wildman–Crippen LogP) is 1.56. The molecule has 0 aliphatic carbocycles. The summed E-state index contributed by atoms with van der Waals surface area (Å²) in [6.45, 7) is 8.77. The third-order valence-corrected chi connectivity index (χ3v) is 2.37. The maximum atomic E-state index is 5.41. The molecule has 0 spiro atoms. The number of aryl methyl sites for hydroxylation is 1. The average molecular weight is 207 g/mol. The van der Waals surface area contributed by atoms with Gasteiger partial charge in [-0.05, 0) is 24.5 Å². The van der Waals surface area contributed by atoms with Crippen molar-refractivity contribution in [1.29, 1.82) is 0 Å². The molecule has 0 unspecified atom stereocenters. The molecule has 0 aromatic carbocycles. The number of hydrogen-bond donors (Lipinski definition) is 2. The van der Waals surface area contributed by atoms with Crippen LogP contribution in [0.2, 0.25) is 0 Å². The molecule has 1 heterocycles. The summed E-state index contributed by atoms with van der Waals surface area (Å²) in [7, 11) is 0. The van der Waals surface area contributed by atoms with Crippen LogP contribution in [-0.2, 0) is 6.54 Å². The molecule has 0 fully saturated rings. The van der Waals surface area contributed by atoms with Crippen molar-refractivity contribution in [3.05, 3.63) is 29.1 Å². The summed E-state index contributed by atoms with van der Waals surface area (Å²) in [5.74, 6) is 0.486. The molecule has 15 heavy (non-hydrogen) atoms. The Kier molecular flexibility index (Phi) is 4.72. The van der Waals surface area contributed by atoms with Crippen molar-refractivity contribution >= 4 is 0 Å². The monoisotopic (exact) mass is 207 g/mol. The first kappa shape index (κ1) is 12.1. The molecule has 0 saturated heterocycles. The van der Waals surface area contributed by atoms with Crippen LogP contribution in [0.4, 0.5) is 0 Å². The zero-order valence-electron chi connectivity index (χ0n) is 9.88. The van der Waals surface area contributed by atoms with Gasteiger partial charge in [-0.2, -0.15) is 0 Å². The quantitative estimate of drug-likeness (QED) is 0.720. The molecule has 3 N–H and O–H groups in total. The van der Waals surface area contributed by atoms with E-state index in [1.807, 2.05) is 0 Å². The number of nitrogens with two attached hydrogens (primary N) is 1. The molecule has 84 valence electrons. The van der Waals surface area contributed by atoms with Crippen LogP contribution in [-0.4, -0.2) is 18.1 Å². The van der Waals surface area contributed by atoms with Gasteiger partial charge in [0.2, 0.25) is 0 Å². The number of nitrogens with one attached hydrogen (secondary N) is 1. The topological polar surface area (TPSA) is 50.9 Å². The summed E-state index contributed by atoms with van der Waals surface area (Å²) in [5, 5.41) is 3.25. The van der Waals surface area contributed by atoms with Gasteiger partial charge in [0.15, 0.2) is 0 Å². The SMILES string of the molecule is Cc1ccc(CNCCN)nc1C(C)C. The molecule has 0 aliphatic heterocycles. The standard InChI is InChI=1S/C12H21N3/c1-9(2)12-10(3)4-5-11(15-12)8-14-7-6-13/h4-5,9,14H,6-8,13H2,1-3H3. The van der Waals surface area contributed by atoms with Gasteiger partial charge in [-0.25, -0.2) is 0 Å². The highest BCUT2D eigenvalue weighted by Crippen LogP contribution is 2.16. The first-order valence-electron chi connectivity index (χ1n) is 5.52. The maximum absolute atomic E-state index is 5.41. The Hall–Kier alpha value is -0.930. The summed E-state index contributed by atoms with van der Waals surface area (Å²) in [6.07, 6.45) is 0. The van der Waals surface area contributed by atoms with Crippen molar-refractivity contribution in [3.8, 4) is 0 Å². The van der Waals surface area contributed by atoms with Gasteiger partial charge >= 0.3 is 0 Å². The molecule has 1 aromatic rings. The lowest BCUT2D eigenvalue weighted by Crippen LogP contribution is -2.22. The van der Waals surface area contributed by atoms with Crippen LogP contribution < -0.4 is 11.1 Å². The second-order valence-electron chi connectivity index (χ2n) is 4.12. The number of pyridine rings is 1. The number of hydrogen-bond acceptors (Lipinski definition) is 3. The van der Waals surface area contributed by atoms with Crippen LogP contribution in [0.5, 0.6) is 0 Å². The lowest BCUT2D eigenvalue weighted by Gasteiger charge is -2.11. The maximum Gasteiger partial charge on any atom is 0.0545 e. The molecular formula is C12H21N3. The molecule has 0 amide bonds. The van der Waals surface area contributed by atoms with E-state index in [2.05, 4.69) is 43.2 Å². The molecule has 0 saturated carbocycles. The minimum absolute atomic E-state index is 0.486. The minimum Gasteiger partial charge on any atom is -0.329 e. The average Bonchev–Trinajstić information content (AvgIpc) is 2.20. The van der Waals surface area contributed by atoms with Crippen molar-refractivity contribution < 1.29 is 0 Å². The molecule has 1 aromatic heterocycles. The Morgan fingerprint density at radius 2 is 2.13 bits per heavy atom. The third-order valence-electron chi connectivity index (χ3n) is 2.37. The Bertz CT molecular complexity index is 308. The highest BCUT2D eigenvalue weighted by molar-refractivity contribution is 5.24. The van der Waals surface area contributed by atoms with Crippen LogP contribution >= 0.6 is 0 Å². The first-order chi connectivity index (χ1) is 7.15. The second kappa shape index (κ2) is 5.83. The van der Waals surface area contributed by atoms with Gasteiger partial charge in [-0.3, -0.25) is 4.98 Å². The van der Waals surface area contributed by atoms with E-state index < -0.39 is 0 Å². The fourth-order valence-corrected chi connectivity index (χ4v) is 1.59. The largest absolute Gasteiger partial charge is 0.329 e. The van der Waals surface area contributed by atoms with Crippen LogP contribution in [0.15, 0.2) is 12.1 Å². The second-order valence-corrected chi connectivity index (χ2v) is 4.12. The first-order valence-corrected chi connectivity index (χ1v) is 5.52. The molecule has 0 radical (unpaired) electrons. The van der Waals surface area contributed by atoms with Gasteiger partial charge in [-0.15, -0.1) is 0 Å². The minimum atomic E-state index is 0.486. The molecule has 0 aliphatic rings. The fraction of sp³-hybridized carbons (Fsp3) is 0.583. The van der Waals surface area contributed by atoms with Crippen LogP contribution in [0.3, 0.4) is 0 Å². The number of nitrogens with zero attached hydrogens (tertiary/aromatic N) is 1. The van der Waals surface area contributed by atoms with E-state index in [4.69, 9.17) is 5.73 Å². The van der Waals surface area contributed by atoms with Crippen molar-refractivity contribution in [3.63, 3.8) is 0 Å². The van der Waals surface area contributed by atoms with Crippen molar-refractivity contribution in [1.82, 2.24) is 10.3 Å². The number of aromatic nitrogens is 1. The van der Waals surface area contributed by atoms with Gasteiger partial charge in [0, 0.05) is 25.3 Å². The van der Waals surface area contributed by atoms with Gasteiger partial charge in [-0.1, -0.05) is 19.9 Å². The summed E-state index contributed by atoms with van der Waals surface area (Å²) in [6, 6.07) is 4.21. The Balaban J connectivity index is 2.70. The van der Waals surface area contributed by atoms with Gasteiger partial charge in [0.1, 0.15) is 0 Å². The summed E-state index contributed by atoms with van der Waals surface area (Å²) in [4.78, 5) is 4.64. The Labute approximate surface area is 92.1 Å². The normalized spacial score (nSPS) is 11.0. The smallest absolute Gasteiger partial charge is 0.0545 e. The third kappa shape index (κ3) is 3.61. The van der Waals surface area contributed by atoms with E-state index in [9.17, 15) is 0 Å². The van der Waals surface area contributed by atoms with E-state index in [1.165, 1.54) is 11.3 Å². The van der Waals surface area contributed by atoms with Crippen molar-refractivity contribution in [2.24, 2.45) is 5.73 Å². The van der Waals surface area contributed by atoms with E-state index in [-0.39, 0.29) is 0 Å². The predicted molar refractivity (Wildman–Crippen MR) is 63.8 cm³/mol. The van der Waals surface area contributed by atoms with Crippen molar-refractivity contribution in [2.45, 2.75) is 33.2 Å². The zero-order valence-corrected chi connectivity index (χ0v) is 9.88. The van der Waals surface area contributed by atoms with Gasteiger partial charge in [0.05, 0.1) is 5.69 Å². The number of rotatable bonds is 5. The van der Waals surface area contributed by atoms with Crippen molar-refractivity contribution in [2.75, 3.05) is 13.1 Å². The van der Waals surface area contributed by atoms with E-state index in [0.717, 1.165) is 18.8 Å². The lowest BCUT2D eigenvalue weighted by atomic mass is 10.0. The molecule has 0 bridgehead atoms. The summed E-state index contributed by atoms with van der Waals surface area (Å²) in [5.41, 5.74) is 8.97. The lowest BCUT2D eigenvalue weighted by molar-refractivity contribution is 0.673. The molecule has 3 heteroatoms. The summed E-state index contributed by atoms with van der Waals surface area (Å²) >= 11 is 0. The van der Waals surface area contributed by atoms with E-state index in [1.54, 1.807) is 0 Å². The molecular weight excluding hydrogens is 186 g/mol. The Morgan fingerprint density at radius 3 is 2.73 bits per heavy atom. The van der Waals surface area contributed by atoms with Gasteiger partial charge in [0.25, 0.3) is 0 Å². The van der Waals surface area contributed by atoms with Crippen LogP contribution in [0.1, 0.15) is 36.7 Å². The van der Waals surface area contributed by atoms with E-state index in [0.29, 0.717) is 12.5 Å². The van der Waals surface area contributed by atoms with Crippen LogP contribution in [0, 0.1) is 6.92 Å². The molecule has 3 nitrogen and oxygen atoms in total. The zero-order chi connectivity index (χ0) is 11.3.